The zero-order valence-electron chi connectivity index (χ0n) is 13.1. The van der Waals surface area contributed by atoms with Crippen LogP contribution in [0, 0.1) is 17.1 Å². The van der Waals surface area contributed by atoms with E-state index in [0.29, 0.717) is 0 Å². The molecular formula is C17H15FN2O4S. The quantitative estimate of drug-likeness (QED) is 0.602. The molecule has 0 amide bonds. The Hall–Kier alpha value is -2.76. The average molecular weight is 362 g/mol. The van der Waals surface area contributed by atoms with Crippen molar-refractivity contribution >= 4 is 16.0 Å². The molecule has 2 aromatic carbocycles. The third-order valence-electron chi connectivity index (χ3n) is 3.25. The number of esters is 1. The van der Waals surface area contributed by atoms with Gasteiger partial charge in [-0.2, -0.15) is 5.26 Å². The summed E-state index contributed by atoms with van der Waals surface area (Å²) in [5, 5.41) is 8.42. The Morgan fingerprint density at radius 3 is 2.48 bits per heavy atom. The Kier molecular flexibility index (Phi) is 6.22. The highest BCUT2D eigenvalue weighted by Gasteiger charge is 2.15. The van der Waals surface area contributed by atoms with Gasteiger partial charge in [-0.25, -0.2) is 22.3 Å². The molecule has 130 valence electrons. The second kappa shape index (κ2) is 8.37. The molecule has 6 nitrogen and oxygen atoms in total. The first kappa shape index (κ1) is 18.6. The SMILES string of the molecule is N#CCCNS(=O)(=O)c1ccc(C(=O)OCc2ccccc2F)cc1. The van der Waals surface area contributed by atoms with Crippen LogP contribution in [0.15, 0.2) is 53.4 Å². The smallest absolute Gasteiger partial charge is 0.338 e. The van der Waals surface area contributed by atoms with Crippen molar-refractivity contribution in [1.29, 1.82) is 5.26 Å². The largest absolute Gasteiger partial charge is 0.457 e. The highest BCUT2D eigenvalue weighted by molar-refractivity contribution is 7.89. The van der Waals surface area contributed by atoms with Gasteiger partial charge in [0.2, 0.25) is 10.0 Å². The molecule has 0 aliphatic rings. The Labute approximate surface area is 144 Å². The summed E-state index contributed by atoms with van der Waals surface area (Å²) in [5.74, 6) is -1.16. The lowest BCUT2D eigenvalue weighted by Gasteiger charge is -2.08. The molecular weight excluding hydrogens is 347 g/mol. The van der Waals surface area contributed by atoms with Gasteiger partial charge in [-0.3, -0.25) is 0 Å². The number of hydrogen-bond acceptors (Lipinski definition) is 5. The lowest BCUT2D eigenvalue weighted by atomic mass is 10.2. The van der Waals surface area contributed by atoms with Crippen LogP contribution < -0.4 is 4.72 Å². The van der Waals surface area contributed by atoms with Gasteiger partial charge in [0.25, 0.3) is 0 Å². The molecule has 8 heteroatoms. The normalized spacial score (nSPS) is 10.9. The van der Waals surface area contributed by atoms with Gasteiger partial charge < -0.3 is 4.74 Å². The van der Waals surface area contributed by atoms with Crippen molar-refractivity contribution in [3.05, 3.63) is 65.5 Å². The predicted octanol–water partition coefficient (Wildman–Crippen LogP) is 2.37. The van der Waals surface area contributed by atoms with E-state index in [1.54, 1.807) is 6.07 Å². The fraction of sp³-hybridized carbons (Fsp3) is 0.176. The minimum atomic E-state index is -3.74. The van der Waals surface area contributed by atoms with E-state index < -0.39 is 21.8 Å². The molecule has 2 aromatic rings. The van der Waals surface area contributed by atoms with Crippen molar-refractivity contribution in [1.82, 2.24) is 4.72 Å². The third-order valence-corrected chi connectivity index (χ3v) is 4.72. The first-order chi connectivity index (χ1) is 11.9. The van der Waals surface area contributed by atoms with Crippen molar-refractivity contribution in [3.8, 4) is 6.07 Å². The minimum Gasteiger partial charge on any atom is -0.457 e. The number of ether oxygens (including phenoxy) is 1. The van der Waals surface area contributed by atoms with Gasteiger partial charge in [0, 0.05) is 18.5 Å². The van der Waals surface area contributed by atoms with Crippen LogP contribution >= 0.6 is 0 Å². The molecule has 0 saturated heterocycles. The lowest BCUT2D eigenvalue weighted by molar-refractivity contribution is 0.0469. The highest BCUT2D eigenvalue weighted by Crippen LogP contribution is 2.13. The fourth-order valence-corrected chi connectivity index (χ4v) is 2.97. The summed E-state index contributed by atoms with van der Waals surface area (Å²) in [6.07, 6.45) is 0.0552. The molecule has 0 heterocycles. The van der Waals surface area contributed by atoms with Gasteiger partial charge in [0.05, 0.1) is 16.5 Å². The predicted molar refractivity (Wildman–Crippen MR) is 87.4 cm³/mol. The monoisotopic (exact) mass is 362 g/mol. The first-order valence-corrected chi connectivity index (χ1v) is 8.79. The van der Waals surface area contributed by atoms with E-state index in [0.717, 1.165) is 0 Å². The Bertz CT molecular complexity index is 890. The molecule has 25 heavy (non-hydrogen) atoms. The topological polar surface area (TPSA) is 96.3 Å². The maximum Gasteiger partial charge on any atom is 0.338 e. The Balaban J connectivity index is 2.00. The highest BCUT2D eigenvalue weighted by atomic mass is 32.2. The van der Waals surface area contributed by atoms with Gasteiger partial charge in [-0.1, -0.05) is 18.2 Å². The van der Waals surface area contributed by atoms with Gasteiger partial charge in [-0.15, -0.1) is 0 Å². The van der Waals surface area contributed by atoms with Crippen LogP contribution in [0.2, 0.25) is 0 Å². The minimum absolute atomic E-state index is 0.00522. The number of carbonyl (C=O) groups is 1. The lowest BCUT2D eigenvalue weighted by Crippen LogP contribution is -2.24. The zero-order chi connectivity index (χ0) is 18.3. The van der Waals surface area contributed by atoms with Gasteiger partial charge >= 0.3 is 5.97 Å². The summed E-state index contributed by atoms with van der Waals surface area (Å²) in [4.78, 5) is 11.9. The number of benzene rings is 2. The maximum atomic E-state index is 13.5. The van der Waals surface area contributed by atoms with E-state index in [-0.39, 0.29) is 35.6 Å². The van der Waals surface area contributed by atoms with Crippen molar-refractivity contribution in [3.63, 3.8) is 0 Å². The second-order valence-electron chi connectivity index (χ2n) is 5.00. The number of nitrogens with zero attached hydrogens (tertiary/aromatic N) is 1. The molecule has 0 bridgehead atoms. The van der Waals surface area contributed by atoms with Crippen LogP contribution in [0.3, 0.4) is 0 Å². The first-order valence-electron chi connectivity index (χ1n) is 7.31. The van der Waals surface area contributed by atoms with Gasteiger partial charge in [0.15, 0.2) is 0 Å². The average Bonchev–Trinajstić information content (AvgIpc) is 2.61. The number of halogens is 1. The molecule has 2 rings (SSSR count). The van der Waals surface area contributed by atoms with Crippen LogP contribution in [0.25, 0.3) is 0 Å². The van der Waals surface area contributed by atoms with Crippen molar-refractivity contribution < 1.29 is 22.3 Å². The van der Waals surface area contributed by atoms with Crippen LogP contribution in [0.1, 0.15) is 22.3 Å². The molecule has 0 saturated carbocycles. The molecule has 0 aromatic heterocycles. The van der Waals surface area contributed by atoms with E-state index in [1.165, 1.54) is 42.5 Å². The molecule has 0 fully saturated rings. The van der Waals surface area contributed by atoms with Crippen LogP contribution in [-0.2, 0) is 21.4 Å². The third kappa shape index (κ3) is 5.11. The molecule has 0 aliphatic carbocycles. The maximum absolute atomic E-state index is 13.5. The van der Waals surface area contributed by atoms with E-state index in [2.05, 4.69) is 4.72 Å². The number of hydrogen-bond donors (Lipinski definition) is 1. The summed E-state index contributed by atoms with van der Waals surface area (Å²) in [7, 11) is -3.74. The number of sulfonamides is 1. The number of carbonyl (C=O) groups excluding carboxylic acids is 1. The van der Waals surface area contributed by atoms with E-state index in [4.69, 9.17) is 10.00 Å². The summed E-state index contributed by atoms with van der Waals surface area (Å²) >= 11 is 0. The van der Waals surface area contributed by atoms with Crippen LogP contribution in [0.5, 0.6) is 0 Å². The van der Waals surface area contributed by atoms with Gasteiger partial charge in [0.1, 0.15) is 12.4 Å². The van der Waals surface area contributed by atoms with E-state index in [9.17, 15) is 17.6 Å². The van der Waals surface area contributed by atoms with Crippen molar-refractivity contribution in [2.75, 3.05) is 6.54 Å². The Morgan fingerprint density at radius 2 is 1.84 bits per heavy atom. The molecule has 0 radical (unpaired) electrons. The van der Waals surface area contributed by atoms with E-state index >= 15 is 0 Å². The van der Waals surface area contributed by atoms with Crippen LogP contribution in [-0.4, -0.2) is 20.9 Å². The fourth-order valence-electron chi connectivity index (χ4n) is 1.94. The Morgan fingerprint density at radius 1 is 1.16 bits per heavy atom. The molecule has 0 atom stereocenters. The molecule has 0 unspecified atom stereocenters. The van der Waals surface area contributed by atoms with Crippen molar-refractivity contribution in [2.45, 2.75) is 17.9 Å². The zero-order valence-corrected chi connectivity index (χ0v) is 13.9. The van der Waals surface area contributed by atoms with E-state index in [1.807, 2.05) is 6.07 Å². The number of nitriles is 1. The summed E-state index contributed by atoms with van der Waals surface area (Å²) < 4.78 is 44.7. The second-order valence-corrected chi connectivity index (χ2v) is 6.76. The van der Waals surface area contributed by atoms with Crippen LogP contribution in [0.4, 0.5) is 4.39 Å². The van der Waals surface area contributed by atoms with Gasteiger partial charge in [-0.05, 0) is 30.3 Å². The molecule has 0 spiro atoms. The standard InChI is InChI=1S/C17H15FN2O4S/c18-16-5-2-1-4-14(16)12-24-17(21)13-6-8-15(9-7-13)25(22,23)20-11-3-10-19/h1-2,4-9,20H,3,11-12H2. The number of nitrogens with one attached hydrogen (secondary N) is 1. The summed E-state index contributed by atoms with van der Waals surface area (Å²) in [6.45, 7) is -0.216. The summed E-state index contributed by atoms with van der Waals surface area (Å²) in [6, 6.07) is 12.9. The summed E-state index contributed by atoms with van der Waals surface area (Å²) in [5.41, 5.74) is 0.393. The van der Waals surface area contributed by atoms with Crippen molar-refractivity contribution in [2.24, 2.45) is 0 Å². The molecule has 1 N–H and O–H groups in total. The molecule has 0 aliphatic heterocycles. The number of rotatable bonds is 7.